The van der Waals surface area contributed by atoms with E-state index in [2.05, 4.69) is 30.8 Å². The highest BCUT2D eigenvalue weighted by Crippen LogP contribution is 2.29. The van der Waals surface area contributed by atoms with Gasteiger partial charge in [-0.2, -0.15) is 0 Å². The first-order valence-corrected chi connectivity index (χ1v) is 6.83. The predicted molar refractivity (Wildman–Crippen MR) is 74.6 cm³/mol. The number of aliphatic hydroxyl groups excluding tert-OH is 1. The van der Waals surface area contributed by atoms with Gasteiger partial charge >= 0.3 is 0 Å². The van der Waals surface area contributed by atoms with Crippen LogP contribution in [0.15, 0.2) is 29.0 Å². The second-order valence-electron chi connectivity index (χ2n) is 4.63. The summed E-state index contributed by atoms with van der Waals surface area (Å²) < 4.78 is 0.939. The maximum absolute atomic E-state index is 9.22. The number of rotatable bonds is 2. The van der Waals surface area contributed by atoms with Gasteiger partial charge < -0.3 is 10.0 Å². The first-order valence-electron chi connectivity index (χ1n) is 6.04. The summed E-state index contributed by atoms with van der Waals surface area (Å²) >= 11 is 3.41. The summed E-state index contributed by atoms with van der Waals surface area (Å²) in [6.07, 6.45) is 4.65. The van der Waals surface area contributed by atoms with Crippen LogP contribution in [0, 0.1) is 5.92 Å². The molecule has 0 radical (unpaired) electrons. The lowest BCUT2D eigenvalue weighted by molar-refractivity contribution is 0.238. The molecule has 1 N–H and O–H groups in total. The Morgan fingerprint density at radius 2 is 2.33 bits per heavy atom. The number of anilines is 1. The lowest BCUT2D eigenvalue weighted by Gasteiger charge is -2.19. The van der Waals surface area contributed by atoms with Crippen LogP contribution in [0.3, 0.4) is 0 Å². The van der Waals surface area contributed by atoms with Crippen molar-refractivity contribution < 1.29 is 5.11 Å². The molecule has 1 saturated heterocycles. The normalized spacial score (nSPS) is 19.7. The van der Waals surface area contributed by atoms with Gasteiger partial charge in [0.05, 0.1) is 11.2 Å². The molecule has 0 aromatic carbocycles. The zero-order valence-electron chi connectivity index (χ0n) is 9.88. The highest BCUT2D eigenvalue weighted by atomic mass is 79.9. The summed E-state index contributed by atoms with van der Waals surface area (Å²) in [5.41, 5.74) is 2.94. The molecule has 2 aromatic heterocycles. The second-order valence-corrected chi connectivity index (χ2v) is 5.55. The van der Waals surface area contributed by atoms with Gasteiger partial charge in [-0.05, 0) is 34.5 Å². The summed E-state index contributed by atoms with van der Waals surface area (Å²) in [5, 5.41) is 9.22. The Morgan fingerprint density at radius 1 is 1.44 bits per heavy atom. The zero-order valence-corrected chi connectivity index (χ0v) is 11.5. The van der Waals surface area contributed by atoms with Crippen LogP contribution in [-0.4, -0.2) is 34.8 Å². The molecule has 2 aromatic rings. The third kappa shape index (κ3) is 2.08. The van der Waals surface area contributed by atoms with Crippen LogP contribution in [0.2, 0.25) is 0 Å². The lowest BCUT2D eigenvalue weighted by atomic mass is 10.1. The Bertz CT molecular complexity index is 575. The van der Waals surface area contributed by atoms with Gasteiger partial charge in [0.25, 0.3) is 0 Å². The van der Waals surface area contributed by atoms with Crippen molar-refractivity contribution in [2.75, 3.05) is 24.6 Å². The lowest BCUT2D eigenvalue weighted by Crippen LogP contribution is -2.21. The number of hydrogen-bond donors (Lipinski definition) is 1. The number of halogens is 1. The van der Waals surface area contributed by atoms with Gasteiger partial charge in [0, 0.05) is 42.5 Å². The molecular formula is C13H14BrN3O. The number of fused-ring (bicyclic) bond motifs is 1. The fraction of sp³-hybridized carbons (Fsp3) is 0.385. The summed E-state index contributed by atoms with van der Waals surface area (Å²) in [6.45, 7) is 2.13. The number of pyridine rings is 2. The van der Waals surface area contributed by atoms with Crippen LogP contribution in [0.4, 0.5) is 5.69 Å². The topological polar surface area (TPSA) is 49.2 Å². The monoisotopic (exact) mass is 307 g/mol. The zero-order chi connectivity index (χ0) is 12.5. The fourth-order valence-corrected chi connectivity index (χ4v) is 2.77. The van der Waals surface area contributed by atoms with E-state index < -0.39 is 0 Å². The number of aromatic nitrogens is 2. The van der Waals surface area contributed by atoms with Gasteiger partial charge in [-0.1, -0.05) is 0 Å². The van der Waals surface area contributed by atoms with E-state index in [1.807, 2.05) is 18.3 Å². The maximum atomic E-state index is 9.22. The molecule has 1 fully saturated rings. The molecule has 0 amide bonds. The molecule has 5 heteroatoms. The molecule has 1 aliphatic heterocycles. The Morgan fingerprint density at radius 3 is 3.11 bits per heavy atom. The fourth-order valence-electron chi connectivity index (χ4n) is 2.45. The number of hydrogen-bond acceptors (Lipinski definition) is 4. The second kappa shape index (κ2) is 4.82. The van der Waals surface area contributed by atoms with Gasteiger partial charge in [0.1, 0.15) is 5.52 Å². The van der Waals surface area contributed by atoms with Crippen LogP contribution in [0.5, 0.6) is 0 Å². The van der Waals surface area contributed by atoms with Gasteiger partial charge in [-0.15, -0.1) is 0 Å². The molecule has 1 aliphatic rings. The predicted octanol–water partition coefficient (Wildman–Crippen LogP) is 2.21. The van der Waals surface area contributed by atoms with E-state index in [4.69, 9.17) is 0 Å². The highest BCUT2D eigenvalue weighted by molar-refractivity contribution is 9.10. The molecule has 4 nitrogen and oxygen atoms in total. The molecule has 0 bridgehead atoms. The van der Waals surface area contributed by atoms with Crippen molar-refractivity contribution >= 4 is 32.7 Å². The summed E-state index contributed by atoms with van der Waals surface area (Å²) in [5.74, 6) is 0.378. The molecule has 3 rings (SSSR count). The van der Waals surface area contributed by atoms with Crippen molar-refractivity contribution in [1.82, 2.24) is 9.97 Å². The number of aliphatic hydroxyl groups is 1. The highest BCUT2D eigenvalue weighted by Gasteiger charge is 2.23. The van der Waals surface area contributed by atoms with Gasteiger partial charge in [-0.25, -0.2) is 0 Å². The summed E-state index contributed by atoms with van der Waals surface area (Å²) in [7, 11) is 0. The average molecular weight is 308 g/mol. The Hall–Kier alpha value is -1.20. The molecule has 18 heavy (non-hydrogen) atoms. The largest absolute Gasteiger partial charge is 0.396 e. The quantitative estimate of drug-likeness (QED) is 0.924. The van der Waals surface area contributed by atoms with Crippen molar-refractivity contribution in [2.24, 2.45) is 5.92 Å². The molecule has 1 atom stereocenters. The molecule has 0 saturated carbocycles. The van der Waals surface area contributed by atoms with Crippen molar-refractivity contribution in [3.05, 3.63) is 29.0 Å². The van der Waals surface area contributed by atoms with Crippen LogP contribution in [-0.2, 0) is 0 Å². The van der Waals surface area contributed by atoms with E-state index in [9.17, 15) is 5.11 Å². The van der Waals surface area contributed by atoms with E-state index in [0.717, 1.165) is 40.7 Å². The van der Waals surface area contributed by atoms with E-state index in [1.54, 1.807) is 6.20 Å². The Labute approximate surface area is 114 Å². The molecular weight excluding hydrogens is 294 g/mol. The number of nitrogens with zero attached hydrogens (tertiary/aromatic N) is 3. The van der Waals surface area contributed by atoms with Crippen molar-refractivity contribution in [3.8, 4) is 0 Å². The van der Waals surface area contributed by atoms with Crippen molar-refractivity contribution in [2.45, 2.75) is 6.42 Å². The first-order chi connectivity index (χ1) is 8.78. The van der Waals surface area contributed by atoms with Gasteiger partial charge in [0.15, 0.2) is 0 Å². The molecule has 94 valence electrons. The third-order valence-electron chi connectivity index (χ3n) is 3.41. The molecule has 0 aliphatic carbocycles. The first kappa shape index (κ1) is 11.9. The summed E-state index contributed by atoms with van der Waals surface area (Å²) in [4.78, 5) is 11.1. The third-order valence-corrected chi connectivity index (χ3v) is 3.84. The van der Waals surface area contributed by atoms with E-state index in [1.165, 1.54) is 0 Å². The van der Waals surface area contributed by atoms with Crippen molar-refractivity contribution in [1.29, 1.82) is 0 Å². The van der Waals surface area contributed by atoms with Crippen LogP contribution in [0.25, 0.3) is 11.0 Å². The average Bonchev–Trinajstić information content (AvgIpc) is 2.86. The molecule has 0 spiro atoms. The van der Waals surface area contributed by atoms with E-state index >= 15 is 0 Å². The Kier molecular flexibility index (Phi) is 3.18. The molecule has 3 heterocycles. The van der Waals surface area contributed by atoms with Crippen LogP contribution >= 0.6 is 15.9 Å². The van der Waals surface area contributed by atoms with Gasteiger partial charge in [-0.3, -0.25) is 9.97 Å². The van der Waals surface area contributed by atoms with Gasteiger partial charge in [0.2, 0.25) is 0 Å². The van der Waals surface area contributed by atoms with Crippen LogP contribution in [0.1, 0.15) is 6.42 Å². The van der Waals surface area contributed by atoms with E-state index in [0.29, 0.717) is 5.92 Å². The van der Waals surface area contributed by atoms with Crippen molar-refractivity contribution in [3.63, 3.8) is 0 Å². The SMILES string of the molecule is OCC1CCN(c2ccnc3cc(Br)cnc23)C1. The minimum Gasteiger partial charge on any atom is -0.396 e. The molecule has 1 unspecified atom stereocenters. The smallest absolute Gasteiger partial charge is 0.112 e. The minimum atomic E-state index is 0.262. The van der Waals surface area contributed by atoms with E-state index in [-0.39, 0.29) is 6.61 Å². The maximum Gasteiger partial charge on any atom is 0.112 e. The minimum absolute atomic E-state index is 0.262. The summed E-state index contributed by atoms with van der Waals surface area (Å²) in [6, 6.07) is 3.98. The Balaban J connectivity index is 2.02. The standard InChI is InChI=1S/C13H14BrN3O/c14-10-5-11-13(16-6-10)12(1-3-15-11)17-4-2-9(7-17)8-18/h1,3,5-6,9,18H,2,4,7-8H2. The van der Waals surface area contributed by atoms with Crippen LogP contribution < -0.4 is 4.90 Å².